The SMILES string of the molecule is CC[C@H](Cc1ccccc1)C(=O)N(C)[C@@H](C)[C@@H](O)c1ccccc1. The van der Waals surface area contributed by atoms with Crippen LogP contribution in [-0.4, -0.2) is 29.0 Å². The molecule has 0 radical (unpaired) electrons. The van der Waals surface area contributed by atoms with E-state index in [0.29, 0.717) is 0 Å². The molecule has 0 aliphatic heterocycles. The van der Waals surface area contributed by atoms with Gasteiger partial charge in [-0.15, -0.1) is 0 Å². The van der Waals surface area contributed by atoms with E-state index >= 15 is 0 Å². The first kappa shape index (κ1) is 18.2. The molecule has 0 aliphatic carbocycles. The highest BCUT2D eigenvalue weighted by molar-refractivity contribution is 5.79. The van der Waals surface area contributed by atoms with Gasteiger partial charge in [0.15, 0.2) is 0 Å². The molecule has 0 saturated heterocycles. The molecule has 1 N–H and O–H groups in total. The lowest BCUT2D eigenvalue weighted by Crippen LogP contribution is -2.42. The number of aliphatic hydroxyl groups excluding tert-OH is 1. The van der Waals surface area contributed by atoms with Crippen LogP contribution in [0.15, 0.2) is 60.7 Å². The molecule has 0 heterocycles. The normalized spacial score (nSPS) is 14.7. The Labute approximate surface area is 144 Å². The third-order valence-electron chi connectivity index (χ3n) is 4.72. The Morgan fingerprint density at radius 2 is 1.58 bits per heavy atom. The molecule has 0 spiro atoms. The predicted molar refractivity (Wildman–Crippen MR) is 97.6 cm³/mol. The van der Waals surface area contributed by atoms with Crippen LogP contribution in [-0.2, 0) is 11.2 Å². The molecule has 3 heteroatoms. The van der Waals surface area contributed by atoms with Gasteiger partial charge < -0.3 is 10.0 Å². The Hall–Kier alpha value is -2.13. The van der Waals surface area contributed by atoms with E-state index in [9.17, 15) is 9.90 Å². The van der Waals surface area contributed by atoms with Crippen LogP contribution >= 0.6 is 0 Å². The van der Waals surface area contributed by atoms with E-state index in [4.69, 9.17) is 0 Å². The lowest BCUT2D eigenvalue weighted by molar-refractivity contribution is -0.138. The average molecular weight is 325 g/mol. The summed E-state index contributed by atoms with van der Waals surface area (Å²) in [7, 11) is 1.78. The monoisotopic (exact) mass is 325 g/mol. The molecule has 0 bridgehead atoms. The second-order valence-electron chi connectivity index (χ2n) is 6.34. The first-order chi connectivity index (χ1) is 11.5. The van der Waals surface area contributed by atoms with E-state index in [1.54, 1.807) is 11.9 Å². The topological polar surface area (TPSA) is 40.5 Å². The van der Waals surface area contributed by atoms with Gasteiger partial charge in [-0.25, -0.2) is 0 Å². The molecule has 128 valence electrons. The fraction of sp³-hybridized carbons (Fsp3) is 0.381. The van der Waals surface area contributed by atoms with Gasteiger partial charge in [0.2, 0.25) is 5.91 Å². The van der Waals surface area contributed by atoms with Crippen LogP contribution in [0.5, 0.6) is 0 Å². The van der Waals surface area contributed by atoms with Crippen LogP contribution in [0.1, 0.15) is 37.5 Å². The zero-order valence-electron chi connectivity index (χ0n) is 14.7. The maximum absolute atomic E-state index is 12.9. The van der Waals surface area contributed by atoms with Crippen molar-refractivity contribution in [3.63, 3.8) is 0 Å². The number of rotatable bonds is 7. The second kappa shape index (κ2) is 8.65. The van der Waals surface area contributed by atoms with Crippen molar-refractivity contribution in [1.82, 2.24) is 4.90 Å². The third kappa shape index (κ3) is 4.45. The smallest absolute Gasteiger partial charge is 0.226 e. The number of nitrogens with zero attached hydrogens (tertiary/aromatic N) is 1. The van der Waals surface area contributed by atoms with Gasteiger partial charge in [0.1, 0.15) is 0 Å². The molecule has 1 amide bonds. The minimum atomic E-state index is -0.686. The standard InChI is InChI=1S/C21H27NO2/c1-4-18(15-17-11-7-5-8-12-17)21(24)22(3)16(2)20(23)19-13-9-6-10-14-19/h5-14,16,18,20,23H,4,15H2,1-3H3/t16-,18+,20+/m0/s1. The van der Waals surface area contributed by atoms with E-state index in [-0.39, 0.29) is 17.9 Å². The van der Waals surface area contributed by atoms with Crippen molar-refractivity contribution in [3.05, 3.63) is 71.8 Å². The Morgan fingerprint density at radius 3 is 2.12 bits per heavy atom. The van der Waals surface area contributed by atoms with Crippen molar-refractivity contribution < 1.29 is 9.90 Å². The molecule has 0 aromatic heterocycles. The highest BCUT2D eigenvalue weighted by atomic mass is 16.3. The van der Waals surface area contributed by atoms with Gasteiger partial charge in [-0.05, 0) is 30.9 Å². The first-order valence-electron chi connectivity index (χ1n) is 8.58. The van der Waals surface area contributed by atoms with E-state index < -0.39 is 6.10 Å². The van der Waals surface area contributed by atoms with Crippen LogP contribution in [0.25, 0.3) is 0 Å². The summed E-state index contributed by atoms with van der Waals surface area (Å²) in [4.78, 5) is 14.6. The molecule has 3 nitrogen and oxygen atoms in total. The maximum atomic E-state index is 12.9. The molecule has 2 aromatic rings. The molecule has 3 atom stereocenters. The Morgan fingerprint density at radius 1 is 1.04 bits per heavy atom. The van der Waals surface area contributed by atoms with Crippen LogP contribution < -0.4 is 0 Å². The van der Waals surface area contributed by atoms with Crippen molar-refractivity contribution in [2.45, 2.75) is 38.8 Å². The lowest BCUT2D eigenvalue weighted by atomic mass is 9.94. The van der Waals surface area contributed by atoms with E-state index in [2.05, 4.69) is 12.1 Å². The molecule has 2 rings (SSSR count). The van der Waals surface area contributed by atoms with Gasteiger partial charge >= 0.3 is 0 Å². The molecule has 0 unspecified atom stereocenters. The zero-order valence-corrected chi connectivity index (χ0v) is 14.7. The number of benzene rings is 2. The fourth-order valence-corrected chi connectivity index (χ4v) is 2.93. The van der Waals surface area contributed by atoms with Crippen molar-refractivity contribution in [2.24, 2.45) is 5.92 Å². The van der Waals surface area contributed by atoms with Gasteiger partial charge in [0.05, 0.1) is 12.1 Å². The van der Waals surface area contributed by atoms with E-state index in [0.717, 1.165) is 18.4 Å². The Kier molecular flexibility index (Phi) is 6.56. The number of hydrogen-bond acceptors (Lipinski definition) is 2. The third-order valence-corrected chi connectivity index (χ3v) is 4.72. The van der Waals surface area contributed by atoms with Gasteiger partial charge in [-0.1, -0.05) is 67.6 Å². The molecule has 0 fully saturated rings. The number of amides is 1. The summed E-state index contributed by atoms with van der Waals surface area (Å²) in [6, 6.07) is 19.3. The minimum absolute atomic E-state index is 0.0668. The summed E-state index contributed by atoms with van der Waals surface area (Å²) in [5.41, 5.74) is 2.00. The van der Waals surface area contributed by atoms with Crippen LogP contribution in [0.3, 0.4) is 0 Å². The number of carbonyl (C=O) groups excluding carboxylic acids is 1. The number of hydrogen-bond donors (Lipinski definition) is 1. The van der Waals surface area contributed by atoms with Crippen molar-refractivity contribution in [3.8, 4) is 0 Å². The molecule has 0 aliphatic rings. The summed E-state index contributed by atoms with van der Waals surface area (Å²) in [5, 5.41) is 10.6. The molecule has 0 saturated carbocycles. The van der Waals surface area contributed by atoms with E-state index in [1.165, 1.54) is 5.56 Å². The number of likely N-dealkylation sites (N-methyl/N-ethyl adjacent to an activating group) is 1. The highest BCUT2D eigenvalue weighted by Gasteiger charge is 2.28. The predicted octanol–water partition coefficient (Wildman–Crippen LogP) is 3.84. The summed E-state index contributed by atoms with van der Waals surface area (Å²) in [6.45, 7) is 3.93. The summed E-state index contributed by atoms with van der Waals surface area (Å²) in [5.74, 6) is 0.0201. The van der Waals surface area contributed by atoms with Crippen molar-refractivity contribution in [1.29, 1.82) is 0 Å². The fourth-order valence-electron chi connectivity index (χ4n) is 2.93. The van der Waals surface area contributed by atoms with Crippen molar-refractivity contribution >= 4 is 5.91 Å². The van der Waals surface area contributed by atoms with Crippen LogP contribution in [0.4, 0.5) is 0 Å². The molecular formula is C21H27NO2. The van der Waals surface area contributed by atoms with Crippen LogP contribution in [0.2, 0.25) is 0 Å². The molecule has 24 heavy (non-hydrogen) atoms. The number of carbonyl (C=O) groups is 1. The molecular weight excluding hydrogens is 298 g/mol. The summed E-state index contributed by atoms with van der Waals surface area (Å²) < 4.78 is 0. The minimum Gasteiger partial charge on any atom is -0.386 e. The maximum Gasteiger partial charge on any atom is 0.226 e. The van der Waals surface area contributed by atoms with Gasteiger partial charge in [-0.3, -0.25) is 4.79 Å². The lowest BCUT2D eigenvalue weighted by Gasteiger charge is -2.32. The average Bonchev–Trinajstić information content (AvgIpc) is 2.65. The first-order valence-corrected chi connectivity index (χ1v) is 8.58. The largest absolute Gasteiger partial charge is 0.386 e. The summed E-state index contributed by atoms with van der Waals surface area (Å²) >= 11 is 0. The van der Waals surface area contributed by atoms with Gasteiger partial charge in [0, 0.05) is 13.0 Å². The second-order valence-corrected chi connectivity index (χ2v) is 6.34. The van der Waals surface area contributed by atoms with Crippen molar-refractivity contribution in [2.75, 3.05) is 7.05 Å². The quantitative estimate of drug-likeness (QED) is 0.840. The Bertz CT molecular complexity index is 627. The Balaban J connectivity index is 2.06. The van der Waals surface area contributed by atoms with Gasteiger partial charge in [-0.2, -0.15) is 0 Å². The zero-order chi connectivity index (χ0) is 17.5. The van der Waals surface area contributed by atoms with E-state index in [1.807, 2.05) is 62.4 Å². The highest BCUT2D eigenvalue weighted by Crippen LogP contribution is 2.23. The molecule has 2 aromatic carbocycles. The van der Waals surface area contributed by atoms with Gasteiger partial charge in [0.25, 0.3) is 0 Å². The number of aliphatic hydroxyl groups is 1. The van der Waals surface area contributed by atoms with Crippen LogP contribution in [0, 0.1) is 5.92 Å². The summed E-state index contributed by atoms with van der Waals surface area (Å²) in [6.07, 6.45) is 0.829.